The quantitative estimate of drug-likeness (QED) is 0.699. The maximum Gasteiger partial charge on any atom is 0.245 e. The average Bonchev–Trinajstić information content (AvgIpc) is 3.39. The summed E-state index contributed by atoms with van der Waals surface area (Å²) in [4.78, 5) is 17.6. The molecule has 2 aromatic heterocycles. The van der Waals surface area contributed by atoms with Crippen molar-refractivity contribution in [1.29, 1.82) is 0 Å². The van der Waals surface area contributed by atoms with Gasteiger partial charge in [0.05, 0.1) is 12.2 Å². The van der Waals surface area contributed by atoms with Gasteiger partial charge in [-0.3, -0.25) is 14.4 Å². The van der Waals surface area contributed by atoms with Gasteiger partial charge in [-0.25, -0.2) is 4.68 Å². The highest BCUT2D eigenvalue weighted by Crippen LogP contribution is 2.30. The summed E-state index contributed by atoms with van der Waals surface area (Å²) < 4.78 is 3.57. The second kappa shape index (κ2) is 8.22. The number of aromatic nitrogens is 6. The van der Waals surface area contributed by atoms with Crippen molar-refractivity contribution in [3.8, 4) is 0 Å². The van der Waals surface area contributed by atoms with E-state index in [0.717, 1.165) is 54.6 Å². The van der Waals surface area contributed by atoms with Gasteiger partial charge in [-0.05, 0) is 69.0 Å². The third-order valence-corrected chi connectivity index (χ3v) is 6.43. The maximum atomic E-state index is 13.2. The Morgan fingerprint density at radius 2 is 1.90 bits per heavy atom. The summed E-state index contributed by atoms with van der Waals surface area (Å²) in [5.41, 5.74) is 3.25. The monoisotopic (exact) mass is 400 g/mol. The minimum Gasteiger partial charge on any atom is -0.334 e. The van der Waals surface area contributed by atoms with E-state index in [1.54, 1.807) is 4.68 Å². The summed E-state index contributed by atoms with van der Waals surface area (Å²) in [5.74, 6) is 1.64. The lowest BCUT2D eigenvalue weighted by Crippen LogP contribution is -2.37. The molecular weight excluding hydrogens is 368 g/mol. The van der Waals surface area contributed by atoms with E-state index in [0.29, 0.717) is 19.1 Å². The van der Waals surface area contributed by atoms with Crippen LogP contribution >= 0.6 is 0 Å². The molecule has 4 rings (SSSR count). The fourth-order valence-corrected chi connectivity index (χ4v) is 4.12. The Balaban J connectivity index is 1.43. The molecule has 2 aliphatic rings. The number of tetrazole rings is 1. The number of likely N-dealkylation sites (tertiary alicyclic amines) is 1. The molecule has 0 bridgehead atoms. The molecule has 3 heterocycles. The minimum absolute atomic E-state index is 0.0796. The van der Waals surface area contributed by atoms with Crippen molar-refractivity contribution in [2.75, 3.05) is 13.1 Å². The summed E-state index contributed by atoms with van der Waals surface area (Å²) in [6, 6.07) is 0.324. The molecule has 0 radical (unpaired) electrons. The molecule has 158 valence electrons. The molecule has 1 saturated carbocycles. The van der Waals surface area contributed by atoms with E-state index in [4.69, 9.17) is 0 Å². The van der Waals surface area contributed by atoms with Crippen molar-refractivity contribution in [3.63, 3.8) is 0 Å². The lowest BCUT2D eigenvalue weighted by molar-refractivity contribution is -0.133. The van der Waals surface area contributed by atoms with Crippen molar-refractivity contribution in [3.05, 3.63) is 22.8 Å². The number of rotatable bonds is 7. The molecule has 0 N–H and O–H groups in total. The van der Waals surface area contributed by atoms with Gasteiger partial charge in [0.2, 0.25) is 5.91 Å². The van der Waals surface area contributed by atoms with Gasteiger partial charge in [0.25, 0.3) is 0 Å². The number of hydrogen-bond acceptors (Lipinski definition) is 6. The van der Waals surface area contributed by atoms with Crippen LogP contribution in [0.25, 0.3) is 0 Å². The highest BCUT2D eigenvalue weighted by atomic mass is 16.2. The van der Waals surface area contributed by atoms with Crippen LogP contribution in [0.2, 0.25) is 0 Å². The molecule has 0 spiro atoms. The molecule has 0 atom stereocenters. The fraction of sp³-hybridized carbons (Fsp3) is 0.750. The largest absolute Gasteiger partial charge is 0.334 e. The number of aryl methyl sites for hydroxylation is 2. The molecule has 0 aromatic carbocycles. The number of carbonyl (C=O) groups is 1. The van der Waals surface area contributed by atoms with E-state index in [9.17, 15) is 4.79 Å². The van der Waals surface area contributed by atoms with Gasteiger partial charge in [-0.2, -0.15) is 5.10 Å². The van der Waals surface area contributed by atoms with E-state index >= 15 is 0 Å². The van der Waals surface area contributed by atoms with Gasteiger partial charge >= 0.3 is 0 Å². The van der Waals surface area contributed by atoms with Gasteiger partial charge in [-0.1, -0.05) is 6.92 Å². The molecule has 0 unspecified atom stereocenters. The zero-order chi connectivity index (χ0) is 20.5. The Labute approximate surface area is 172 Å². The zero-order valence-corrected chi connectivity index (χ0v) is 18.0. The molecule has 1 aliphatic heterocycles. The molecule has 9 nitrogen and oxygen atoms in total. The second-order valence-corrected chi connectivity index (χ2v) is 8.74. The van der Waals surface area contributed by atoms with Crippen LogP contribution in [0, 0.1) is 19.8 Å². The summed E-state index contributed by atoms with van der Waals surface area (Å²) in [6.07, 6.45) is 4.55. The van der Waals surface area contributed by atoms with Crippen LogP contribution in [-0.2, 0) is 31.5 Å². The zero-order valence-electron chi connectivity index (χ0n) is 18.0. The van der Waals surface area contributed by atoms with E-state index in [2.05, 4.69) is 39.4 Å². The normalized spacial score (nSPS) is 18.3. The molecule has 29 heavy (non-hydrogen) atoms. The summed E-state index contributed by atoms with van der Waals surface area (Å²) >= 11 is 0. The van der Waals surface area contributed by atoms with Crippen molar-refractivity contribution in [1.82, 2.24) is 39.8 Å². The van der Waals surface area contributed by atoms with E-state index in [-0.39, 0.29) is 12.5 Å². The molecule has 1 saturated heterocycles. The lowest BCUT2D eigenvalue weighted by atomic mass is 9.99. The van der Waals surface area contributed by atoms with E-state index < -0.39 is 0 Å². The predicted molar refractivity (Wildman–Crippen MR) is 108 cm³/mol. The number of carbonyl (C=O) groups excluding carboxylic acids is 1. The van der Waals surface area contributed by atoms with Crippen molar-refractivity contribution in [2.24, 2.45) is 13.0 Å². The Hall–Kier alpha value is -2.29. The molecule has 2 fully saturated rings. The topological polar surface area (TPSA) is 85.0 Å². The average molecular weight is 401 g/mol. The first kappa shape index (κ1) is 20.0. The molecular formula is C20H32N8O. The highest BCUT2D eigenvalue weighted by Gasteiger charge is 2.34. The Kier molecular flexibility index (Phi) is 5.67. The van der Waals surface area contributed by atoms with Crippen molar-refractivity contribution >= 4 is 5.91 Å². The lowest BCUT2D eigenvalue weighted by Gasteiger charge is -2.29. The van der Waals surface area contributed by atoms with Crippen LogP contribution in [0.15, 0.2) is 0 Å². The maximum absolute atomic E-state index is 13.2. The van der Waals surface area contributed by atoms with Crippen LogP contribution in [0.5, 0.6) is 0 Å². The van der Waals surface area contributed by atoms with E-state index in [1.807, 2.05) is 23.6 Å². The smallest absolute Gasteiger partial charge is 0.245 e. The summed E-state index contributed by atoms with van der Waals surface area (Å²) in [7, 11) is 1.95. The fourth-order valence-electron chi connectivity index (χ4n) is 4.12. The van der Waals surface area contributed by atoms with Gasteiger partial charge in [0.15, 0.2) is 5.82 Å². The summed E-state index contributed by atoms with van der Waals surface area (Å²) in [6.45, 7) is 10.0. The number of nitrogens with zero attached hydrogens (tertiary/aromatic N) is 8. The Morgan fingerprint density at radius 1 is 1.17 bits per heavy atom. The van der Waals surface area contributed by atoms with Crippen molar-refractivity contribution in [2.45, 2.75) is 72.1 Å². The van der Waals surface area contributed by atoms with Gasteiger partial charge < -0.3 is 4.90 Å². The SMILES string of the molecule is Cc1nn(C)c(C)c1CN(C(=O)Cn1nnnc1CN1CCC(C)CC1)C1CC1. The van der Waals surface area contributed by atoms with Gasteiger partial charge in [-0.15, -0.1) is 5.10 Å². The van der Waals surface area contributed by atoms with Crippen LogP contribution in [0.3, 0.4) is 0 Å². The minimum atomic E-state index is 0.0796. The van der Waals surface area contributed by atoms with Gasteiger partial charge in [0, 0.05) is 30.9 Å². The first-order valence-corrected chi connectivity index (χ1v) is 10.7. The van der Waals surface area contributed by atoms with Crippen molar-refractivity contribution < 1.29 is 4.79 Å². The molecule has 9 heteroatoms. The Morgan fingerprint density at radius 3 is 2.52 bits per heavy atom. The van der Waals surface area contributed by atoms with Crippen LogP contribution in [0.1, 0.15) is 55.4 Å². The van der Waals surface area contributed by atoms with Crippen LogP contribution in [0.4, 0.5) is 0 Å². The Bertz CT molecular complexity index is 860. The second-order valence-electron chi connectivity index (χ2n) is 8.74. The standard InChI is InChI=1S/C20H32N8O/c1-14-7-9-26(10-8-14)12-19-21-23-24-28(19)13-20(29)27(17-5-6-17)11-18-15(2)22-25(4)16(18)3/h14,17H,5-13H2,1-4H3. The number of piperidine rings is 1. The summed E-state index contributed by atoms with van der Waals surface area (Å²) in [5, 5.41) is 16.6. The third kappa shape index (κ3) is 4.49. The molecule has 1 aliphatic carbocycles. The van der Waals surface area contributed by atoms with Gasteiger partial charge in [0.1, 0.15) is 6.54 Å². The first-order valence-electron chi connectivity index (χ1n) is 10.7. The molecule has 1 amide bonds. The molecule has 2 aromatic rings. The number of amides is 1. The first-order chi connectivity index (χ1) is 13.9. The highest BCUT2D eigenvalue weighted by molar-refractivity contribution is 5.76. The third-order valence-electron chi connectivity index (χ3n) is 6.43. The van der Waals surface area contributed by atoms with E-state index in [1.165, 1.54) is 12.8 Å². The van der Waals surface area contributed by atoms with Crippen LogP contribution < -0.4 is 0 Å². The van der Waals surface area contributed by atoms with Crippen LogP contribution in [-0.4, -0.2) is 64.8 Å². The predicted octanol–water partition coefficient (Wildman–Crippen LogP) is 1.45. The number of hydrogen-bond donors (Lipinski definition) is 0.